The van der Waals surface area contributed by atoms with Gasteiger partial charge in [0, 0.05) is 13.2 Å². The van der Waals surface area contributed by atoms with Crippen molar-refractivity contribution in [2.45, 2.75) is 45.4 Å². The van der Waals surface area contributed by atoms with Gasteiger partial charge < -0.3 is 52.1 Å². The molecule has 12 heteroatoms. The molecule has 0 rings (SSSR count). The van der Waals surface area contributed by atoms with Crippen molar-refractivity contribution in [1.29, 1.82) is 0 Å². The molecular weight excluding hydrogens is 663 g/mol. The van der Waals surface area contributed by atoms with Crippen LogP contribution >= 0.6 is 22.6 Å². The maximum Gasteiger partial charge on any atom is 0.0701 e. The van der Waals surface area contributed by atoms with Crippen LogP contribution in [0, 0.1) is 0 Å². The first-order valence-corrected chi connectivity index (χ1v) is 17.4. The summed E-state index contributed by atoms with van der Waals surface area (Å²) < 4.78 is 61.5. The van der Waals surface area contributed by atoms with E-state index in [-0.39, 0.29) is 0 Å². The molecule has 0 aliphatic rings. The monoisotopic (exact) mass is 724 g/mol. The third-order valence-electron chi connectivity index (χ3n) is 5.53. The molecule has 0 aromatic rings. The van der Waals surface area contributed by atoms with Crippen LogP contribution in [0.4, 0.5) is 0 Å². The molecule has 0 spiro atoms. The maximum atomic E-state index is 5.56. The van der Waals surface area contributed by atoms with Crippen molar-refractivity contribution in [1.82, 2.24) is 0 Å². The van der Waals surface area contributed by atoms with Gasteiger partial charge in [0.1, 0.15) is 0 Å². The highest BCUT2D eigenvalue weighted by atomic mass is 127. The average Bonchev–Trinajstić information content (AvgIpc) is 3.00. The summed E-state index contributed by atoms with van der Waals surface area (Å²) in [4.78, 5) is 0. The molecule has 0 saturated carbocycles. The van der Waals surface area contributed by atoms with Gasteiger partial charge in [0.25, 0.3) is 0 Å². The third kappa shape index (κ3) is 40.3. The molecule has 0 aliphatic heterocycles. The predicted molar refractivity (Wildman–Crippen MR) is 171 cm³/mol. The van der Waals surface area contributed by atoms with Gasteiger partial charge in [-0.2, -0.15) is 0 Å². The molecule has 0 aromatic heterocycles. The topological polar surface area (TPSA) is 102 Å². The lowest BCUT2D eigenvalue weighted by Gasteiger charge is -2.09. The van der Waals surface area contributed by atoms with E-state index in [1.54, 1.807) is 0 Å². The molecule has 0 atom stereocenters. The van der Waals surface area contributed by atoms with E-state index in [1.807, 2.05) is 0 Å². The van der Waals surface area contributed by atoms with Gasteiger partial charge >= 0.3 is 0 Å². The van der Waals surface area contributed by atoms with Crippen LogP contribution in [-0.2, 0) is 52.1 Å². The standard InChI is InChI=1S/C30H61IO11/c1-2-3-9-32-11-13-34-15-17-36-19-21-38-23-25-40-27-29-42-30-28-41-26-24-39-22-20-37-18-16-35-14-12-33-10-7-5-4-6-8-31/h2-30H2,1H3. The summed E-state index contributed by atoms with van der Waals surface area (Å²) in [5.41, 5.74) is 0. The van der Waals surface area contributed by atoms with Crippen molar-refractivity contribution >= 4 is 22.6 Å². The molecule has 0 aliphatic carbocycles. The van der Waals surface area contributed by atoms with Gasteiger partial charge in [-0.1, -0.05) is 48.8 Å². The van der Waals surface area contributed by atoms with Crippen molar-refractivity contribution in [2.75, 3.05) is 150 Å². The number of hydrogen-bond acceptors (Lipinski definition) is 11. The first-order valence-electron chi connectivity index (χ1n) is 15.8. The van der Waals surface area contributed by atoms with Crippen molar-refractivity contribution in [2.24, 2.45) is 0 Å². The molecule has 0 bridgehead atoms. The predicted octanol–water partition coefficient (Wildman–Crippen LogP) is 3.96. The Morgan fingerprint density at radius 3 is 0.714 bits per heavy atom. The summed E-state index contributed by atoms with van der Waals surface area (Å²) in [6, 6.07) is 0. The molecular formula is C30H61IO11. The minimum Gasteiger partial charge on any atom is -0.379 e. The zero-order chi connectivity index (χ0) is 30.3. The molecule has 0 aromatic carbocycles. The second kappa shape index (κ2) is 41.3. The lowest BCUT2D eigenvalue weighted by molar-refractivity contribution is -0.0275. The maximum absolute atomic E-state index is 5.56. The smallest absolute Gasteiger partial charge is 0.0701 e. The Kier molecular flexibility index (Phi) is 41.6. The Morgan fingerprint density at radius 2 is 0.476 bits per heavy atom. The highest BCUT2D eigenvalue weighted by Gasteiger charge is 1.96. The molecule has 0 unspecified atom stereocenters. The second-order valence-electron chi connectivity index (χ2n) is 9.19. The van der Waals surface area contributed by atoms with E-state index in [1.165, 1.54) is 23.7 Å². The van der Waals surface area contributed by atoms with Crippen molar-refractivity contribution in [3.63, 3.8) is 0 Å². The molecule has 0 fully saturated rings. The lowest BCUT2D eigenvalue weighted by Crippen LogP contribution is -2.15. The largest absolute Gasteiger partial charge is 0.379 e. The number of unbranched alkanes of at least 4 members (excludes halogenated alkanes) is 4. The van der Waals surface area contributed by atoms with E-state index >= 15 is 0 Å². The Labute approximate surface area is 269 Å². The van der Waals surface area contributed by atoms with E-state index < -0.39 is 0 Å². The van der Waals surface area contributed by atoms with Crippen molar-refractivity contribution in [3.8, 4) is 0 Å². The number of rotatable bonds is 39. The lowest BCUT2D eigenvalue weighted by atomic mass is 10.2. The van der Waals surface area contributed by atoms with Crippen LogP contribution in [0.5, 0.6) is 0 Å². The highest BCUT2D eigenvalue weighted by molar-refractivity contribution is 14.1. The molecule has 0 radical (unpaired) electrons. The highest BCUT2D eigenvalue weighted by Crippen LogP contribution is 2.02. The molecule has 42 heavy (non-hydrogen) atoms. The first kappa shape index (κ1) is 42.3. The van der Waals surface area contributed by atoms with Crippen LogP contribution < -0.4 is 0 Å². The Hall–Kier alpha value is 0.290. The summed E-state index contributed by atoms with van der Waals surface area (Å²) in [7, 11) is 0. The number of ether oxygens (including phenoxy) is 11. The molecule has 0 saturated heterocycles. The van der Waals surface area contributed by atoms with Gasteiger partial charge in [0.2, 0.25) is 0 Å². The minimum absolute atomic E-state index is 0.527. The quantitative estimate of drug-likeness (QED) is 0.0524. The van der Waals surface area contributed by atoms with E-state index in [4.69, 9.17) is 52.1 Å². The molecule has 254 valence electrons. The van der Waals surface area contributed by atoms with Gasteiger partial charge in [-0.15, -0.1) is 0 Å². The Morgan fingerprint density at radius 1 is 0.262 bits per heavy atom. The Bertz CT molecular complexity index is 427. The molecule has 0 heterocycles. The van der Waals surface area contributed by atoms with Crippen LogP contribution in [0.15, 0.2) is 0 Å². The van der Waals surface area contributed by atoms with E-state index in [2.05, 4.69) is 29.5 Å². The van der Waals surface area contributed by atoms with Crippen molar-refractivity contribution in [3.05, 3.63) is 0 Å². The van der Waals surface area contributed by atoms with Crippen molar-refractivity contribution < 1.29 is 52.1 Å². The minimum atomic E-state index is 0.527. The number of halogens is 1. The zero-order valence-corrected chi connectivity index (χ0v) is 28.5. The summed E-state index contributed by atoms with van der Waals surface area (Å²) in [5, 5.41) is 0. The SMILES string of the molecule is CCCCOCCOCCOCCOCCOCCOCCOCCOCCOCCOCCOCCCCCCI. The fourth-order valence-corrected chi connectivity index (χ4v) is 3.74. The van der Waals surface area contributed by atoms with Gasteiger partial charge in [-0.05, 0) is 23.7 Å². The number of alkyl halides is 1. The molecule has 0 N–H and O–H groups in total. The van der Waals surface area contributed by atoms with Crippen LogP contribution in [0.3, 0.4) is 0 Å². The summed E-state index contributed by atoms with van der Waals surface area (Å²) in [6.45, 7) is 15.0. The third-order valence-corrected chi connectivity index (χ3v) is 6.30. The van der Waals surface area contributed by atoms with E-state index in [9.17, 15) is 0 Å². The zero-order valence-electron chi connectivity index (χ0n) is 26.4. The first-order chi connectivity index (χ1) is 20.9. The summed E-state index contributed by atoms with van der Waals surface area (Å²) >= 11 is 2.42. The molecule has 11 nitrogen and oxygen atoms in total. The van der Waals surface area contributed by atoms with Gasteiger partial charge in [0.05, 0.1) is 132 Å². The summed E-state index contributed by atoms with van der Waals surface area (Å²) in [6.07, 6.45) is 7.24. The van der Waals surface area contributed by atoms with Gasteiger partial charge in [0.15, 0.2) is 0 Å². The average molecular weight is 725 g/mol. The van der Waals surface area contributed by atoms with Crippen LogP contribution in [0.1, 0.15) is 45.4 Å². The fourth-order valence-electron chi connectivity index (χ4n) is 3.20. The van der Waals surface area contributed by atoms with E-state index in [0.717, 1.165) is 32.5 Å². The second-order valence-corrected chi connectivity index (χ2v) is 10.3. The Balaban J connectivity index is 3.02. The van der Waals surface area contributed by atoms with Gasteiger partial charge in [-0.25, -0.2) is 0 Å². The van der Waals surface area contributed by atoms with Gasteiger partial charge in [-0.3, -0.25) is 0 Å². The molecule has 0 amide bonds. The van der Waals surface area contributed by atoms with E-state index in [0.29, 0.717) is 132 Å². The number of hydrogen-bond donors (Lipinski definition) is 0. The van der Waals surface area contributed by atoms with Crippen LogP contribution in [0.25, 0.3) is 0 Å². The normalized spacial score (nSPS) is 11.6. The summed E-state index contributed by atoms with van der Waals surface area (Å²) in [5.74, 6) is 0. The van der Waals surface area contributed by atoms with Crippen LogP contribution in [-0.4, -0.2) is 150 Å². The fraction of sp³-hybridized carbons (Fsp3) is 1.00. The van der Waals surface area contributed by atoms with Crippen LogP contribution in [0.2, 0.25) is 0 Å².